The van der Waals surface area contributed by atoms with Gasteiger partial charge in [-0.2, -0.15) is 0 Å². The van der Waals surface area contributed by atoms with Crippen LogP contribution >= 0.6 is 0 Å². The van der Waals surface area contributed by atoms with Crippen LogP contribution in [0.4, 0.5) is 0 Å². The predicted octanol–water partition coefficient (Wildman–Crippen LogP) is -0.0620. The minimum absolute atomic E-state index is 0.00439. The third-order valence-electron chi connectivity index (χ3n) is 16.2. The van der Waals surface area contributed by atoms with Crippen LogP contribution in [0.3, 0.4) is 0 Å². The van der Waals surface area contributed by atoms with Gasteiger partial charge in [0.05, 0.1) is 36.9 Å². The highest BCUT2D eigenvalue weighted by Gasteiger charge is 2.74. The molecule has 1 spiro atoms. The second kappa shape index (κ2) is 14.1. The first-order valence-electron chi connectivity index (χ1n) is 20.4. The number of carbonyl (C=O) groups excluding carboxylic acids is 1. The molecule has 4 aliphatic carbocycles. The van der Waals surface area contributed by atoms with Gasteiger partial charge in [-0.1, -0.05) is 27.7 Å². The number of fused-ring (bicyclic) bond motifs is 7. The zero-order valence-corrected chi connectivity index (χ0v) is 31.9. The maximum Gasteiger partial charge on any atom is 0.311 e. The Hall–Kier alpha value is -1.05. The molecule has 0 radical (unpaired) electrons. The molecule has 8 rings (SSSR count). The predicted molar refractivity (Wildman–Crippen MR) is 184 cm³/mol. The van der Waals surface area contributed by atoms with E-state index in [0.717, 1.165) is 32.1 Å². The summed E-state index contributed by atoms with van der Waals surface area (Å²) < 4.78 is 36.5. The lowest BCUT2D eigenvalue weighted by Crippen LogP contribution is -2.64. The van der Waals surface area contributed by atoms with Crippen molar-refractivity contribution < 1.29 is 74.1 Å². The molecule has 0 aromatic carbocycles. The Morgan fingerprint density at radius 2 is 1.46 bits per heavy atom. The summed E-state index contributed by atoms with van der Waals surface area (Å²) in [6.07, 6.45) is -10.0. The van der Waals surface area contributed by atoms with E-state index in [1.807, 2.05) is 6.92 Å². The maximum absolute atomic E-state index is 12.7. The molecule has 54 heavy (non-hydrogen) atoms. The van der Waals surface area contributed by atoms with E-state index < -0.39 is 98.0 Å². The van der Waals surface area contributed by atoms with Crippen LogP contribution in [-0.4, -0.2) is 145 Å². The number of aliphatic hydroxyl groups is 8. The van der Waals surface area contributed by atoms with Crippen molar-refractivity contribution in [2.75, 3.05) is 6.61 Å². The SMILES string of the molecule is C[C@@H]1C[C@H](O)[C@]2(OC1=O)O[C@@H]1[C@H](O)[C@@H]3[C@H]4CC[C@H]5C[C@@H](O[C@H]6O[C@@H](CO)[C@H](O)[C@@H](O)[C@@H]6O[C@@H]6O[C@H](C)[C@H](O)[C@@H](O)[C@@H]6O)CC[C@@]5(C)[C@@H]4CC[C@@]3(C)[C@@H]1[C@H]2C. The highest BCUT2D eigenvalue weighted by atomic mass is 16.8. The van der Waals surface area contributed by atoms with Gasteiger partial charge in [-0.25, -0.2) is 0 Å². The summed E-state index contributed by atoms with van der Waals surface area (Å²) >= 11 is 0. The second-order valence-corrected chi connectivity index (χ2v) is 18.8. The molecular formula is C39H62O15. The van der Waals surface area contributed by atoms with Crippen LogP contribution < -0.4 is 0 Å². The van der Waals surface area contributed by atoms with E-state index in [0.29, 0.717) is 24.7 Å². The largest absolute Gasteiger partial charge is 0.430 e. The molecule has 0 unspecified atom stereocenters. The third kappa shape index (κ3) is 5.81. The molecule has 8 fully saturated rings. The van der Waals surface area contributed by atoms with Gasteiger partial charge in [0, 0.05) is 11.8 Å². The molecule has 4 aliphatic heterocycles. The summed E-state index contributed by atoms with van der Waals surface area (Å²) in [4.78, 5) is 12.7. The third-order valence-corrected chi connectivity index (χ3v) is 16.2. The maximum atomic E-state index is 12.7. The van der Waals surface area contributed by atoms with Crippen LogP contribution in [0.25, 0.3) is 0 Å². The van der Waals surface area contributed by atoms with Gasteiger partial charge in [-0.05, 0) is 92.8 Å². The summed E-state index contributed by atoms with van der Waals surface area (Å²) in [5.74, 6) is -1.63. The lowest BCUT2D eigenvalue weighted by atomic mass is 9.44. The first-order chi connectivity index (χ1) is 25.5. The Kier molecular flexibility index (Phi) is 10.3. The standard InChI is InChI=1S/C39H62O15/c1-15-12-23(41)39(54-34(15)48)16(2)24-32(53-39)28(44)25-20-7-6-18-13-19(8-10-37(18,4)21(20)9-11-38(24,25)5)50-36-33(30(46)27(43)22(14-40)51-36)52-35-31(47)29(45)26(42)17(3)49-35/h15-33,35-36,40-47H,6-14H2,1-5H3/t15-,16-,17-,18+,19+,20+,21-,22+,23+,24-,25+,26+,27+,28-,29-,30-,31+,32+,33+,35+,36+,37-,38+,39+/m1/s1. The van der Waals surface area contributed by atoms with Gasteiger partial charge in [0.2, 0.25) is 5.79 Å². The second-order valence-electron chi connectivity index (χ2n) is 18.8. The summed E-state index contributed by atoms with van der Waals surface area (Å²) in [7, 11) is 0. The van der Waals surface area contributed by atoms with Crippen molar-refractivity contribution in [3.8, 4) is 0 Å². The fraction of sp³-hybridized carbons (Fsp3) is 0.974. The molecule has 4 saturated carbocycles. The summed E-state index contributed by atoms with van der Waals surface area (Å²) in [6.45, 7) is 9.34. The quantitative estimate of drug-likeness (QED) is 0.135. The van der Waals surface area contributed by atoms with Crippen molar-refractivity contribution in [2.24, 2.45) is 52.3 Å². The van der Waals surface area contributed by atoms with E-state index in [1.165, 1.54) is 6.92 Å². The number of carbonyl (C=O) groups is 1. The summed E-state index contributed by atoms with van der Waals surface area (Å²) in [5.41, 5.74) is -0.281. The van der Waals surface area contributed by atoms with Gasteiger partial charge in [-0.3, -0.25) is 4.79 Å². The minimum Gasteiger partial charge on any atom is -0.430 e. The van der Waals surface area contributed by atoms with Crippen LogP contribution in [-0.2, 0) is 33.2 Å². The number of ether oxygens (including phenoxy) is 6. The minimum atomic E-state index is -1.64. The molecule has 15 nitrogen and oxygen atoms in total. The Morgan fingerprint density at radius 1 is 0.741 bits per heavy atom. The van der Waals surface area contributed by atoms with Gasteiger partial charge >= 0.3 is 5.97 Å². The molecular weight excluding hydrogens is 708 g/mol. The molecule has 0 bridgehead atoms. The van der Waals surface area contributed by atoms with E-state index >= 15 is 0 Å². The number of hydrogen-bond acceptors (Lipinski definition) is 15. The molecule has 0 aromatic rings. The number of hydrogen-bond donors (Lipinski definition) is 8. The van der Waals surface area contributed by atoms with E-state index in [1.54, 1.807) is 6.92 Å². The van der Waals surface area contributed by atoms with E-state index in [-0.39, 0.29) is 53.0 Å². The van der Waals surface area contributed by atoms with Gasteiger partial charge in [0.15, 0.2) is 12.6 Å². The highest BCUT2D eigenvalue weighted by Crippen LogP contribution is 2.71. The van der Waals surface area contributed by atoms with E-state index in [9.17, 15) is 45.6 Å². The Labute approximate surface area is 316 Å². The average Bonchev–Trinajstić information content (AvgIpc) is 3.55. The fourth-order valence-corrected chi connectivity index (χ4v) is 13.2. The van der Waals surface area contributed by atoms with Crippen molar-refractivity contribution in [1.82, 2.24) is 0 Å². The van der Waals surface area contributed by atoms with Crippen molar-refractivity contribution in [3.63, 3.8) is 0 Å². The average molecular weight is 771 g/mol. The van der Waals surface area contributed by atoms with Crippen LogP contribution in [0.1, 0.15) is 86.0 Å². The lowest BCUT2D eigenvalue weighted by molar-refractivity contribution is -0.371. The molecule has 8 N–H and O–H groups in total. The number of rotatable bonds is 5. The Morgan fingerprint density at radius 3 is 2.19 bits per heavy atom. The number of esters is 1. The van der Waals surface area contributed by atoms with Crippen molar-refractivity contribution in [1.29, 1.82) is 0 Å². The molecule has 0 amide bonds. The zero-order valence-electron chi connectivity index (χ0n) is 31.9. The molecule has 308 valence electrons. The molecule has 15 heteroatoms. The Balaban J connectivity index is 0.963. The molecule has 4 heterocycles. The fourth-order valence-electron chi connectivity index (χ4n) is 13.2. The number of aliphatic hydroxyl groups excluding tert-OH is 8. The monoisotopic (exact) mass is 770 g/mol. The summed E-state index contributed by atoms with van der Waals surface area (Å²) in [5, 5.41) is 86.3. The normalized spacial score (nSPS) is 59.9. The van der Waals surface area contributed by atoms with Crippen LogP contribution in [0.15, 0.2) is 0 Å². The van der Waals surface area contributed by atoms with Crippen LogP contribution in [0.5, 0.6) is 0 Å². The zero-order chi connectivity index (χ0) is 38.8. The van der Waals surface area contributed by atoms with E-state index in [4.69, 9.17) is 28.4 Å². The van der Waals surface area contributed by atoms with Crippen LogP contribution in [0, 0.1) is 52.3 Å². The van der Waals surface area contributed by atoms with Crippen molar-refractivity contribution >= 4 is 5.97 Å². The smallest absolute Gasteiger partial charge is 0.311 e. The van der Waals surface area contributed by atoms with Crippen molar-refractivity contribution in [3.05, 3.63) is 0 Å². The summed E-state index contributed by atoms with van der Waals surface area (Å²) in [6, 6.07) is 0. The Bertz CT molecular complexity index is 1400. The molecule has 4 saturated heterocycles. The van der Waals surface area contributed by atoms with Gasteiger partial charge in [-0.15, -0.1) is 0 Å². The molecule has 24 atom stereocenters. The molecule has 8 aliphatic rings. The first kappa shape index (κ1) is 39.8. The first-order valence-corrected chi connectivity index (χ1v) is 20.4. The highest BCUT2D eigenvalue weighted by molar-refractivity contribution is 5.73. The van der Waals surface area contributed by atoms with Gasteiger partial charge in [0.1, 0.15) is 48.8 Å². The van der Waals surface area contributed by atoms with Gasteiger partial charge < -0.3 is 69.3 Å². The van der Waals surface area contributed by atoms with Crippen molar-refractivity contribution in [2.45, 2.75) is 178 Å². The van der Waals surface area contributed by atoms with Gasteiger partial charge in [0.25, 0.3) is 0 Å². The lowest BCUT2D eigenvalue weighted by Gasteiger charge is -2.61. The molecule has 0 aromatic heterocycles. The van der Waals surface area contributed by atoms with Crippen LogP contribution in [0.2, 0.25) is 0 Å². The van der Waals surface area contributed by atoms with E-state index in [2.05, 4.69) is 13.8 Å². The topological polar surface area (TPSA) is 234 Å².